The molecule has 4 N–H and O–H groups in total. The van der Waals surface area contributed by atoms with Gasteiger partial charge in [-0.2, -0.15) is 0 Å². The molecule has 1 aromatic rings. The van der Waals surface area contributed by atoms with E-state index < -0.39 is 16.4 Å². The van der Waals surface area contributed by atoms with Gasteiger partial charge >= 0.3 is 5.69 Å². The Labute approximate surface area is 110 Å². The highest BCUT2D eigenvalue weighted by atomic mass is 16.6. The van der Waals surface area contributed by atoms with Crippen LogP contribution < -0.4 is 16.2 Å². The number of hydrogen-bond donors (Lipinski definition) is 2. The summed E-state index contributed by atoms with van der Waals surface area (Å²) < 4.78 is 5.37. The van der Waals surface area contributed by atoms with Crippen molar-refractivity contribution in [2.75, 3.05) is 6.61 Å². The minimum Gasteiger partial charge on any atom is -0.485 e. The van der Waals surface area contributed by atoms with Gasteiger partial charge in [0.15, 0.2) is 5.75 Å². The van der Waals surface area contributed by atoms with E-state index in [9.17, 15) is 14.9 Å². The van der Waals surface area contributed by atoms with Gasteiger partial charge in [-0.1, -0.05) is 6.92 Å². The van der Waals surface area contributed by atoms with Crippen molar-refractivity contribution in [1.29, 1.82) is 0 Å². The van der Waals surface area contributed by atoms with Gasteiger partial charge in [0, 0.05) is 23.2 Å². The van der Waals surface area contributed by atoms with Gasteiger partial charge in [-0.15, -0.1) is 0 Å². The fraction of sp³-hybridized carbons (Fsp3) is 0.417. The van der Waals surface area contributed by atoms with Gasteiger partial charge in [0.2, 0.25) is 5.91 Å². The quantitative estimate of drug-likeness (QED) is 0.592. The molecule has 0 heterocycles. The van der Waals surface area contributed by atoms with Crippen molar-refractivity contribution in [3.8, 4) is 5.75 Å². The Morgan fingerprint density at radius 2 is 2.16 bits per heavy atom. The molecule has 7 nitrogen and oxygen atoms in total. The molecule has 104 valence electrons. The van der Waals surface area contributed by atoms with Crippen LogP contribution in [0.4, 0.5) is 5.69 Å². The summed E-state index contributed by atoms with van der Waals surface area (Å²) in [5.74, 6) is -0.683. The summed E-state index contributed by atoms with van der Waals surface area (Å²) in [4.78, 5) is 21.4. The molecular weight excluding hydrogens is 250 g/mol. The second-order valence-corrected chi connectivity index (χ2v) is 4.60. The molecule has 1 amide bonds. The van der Waals surface area contributed by atoms with Crippen LogP contribution in [0.2, 0.25) is 0 Å². The number of amides is 1. The zero-order chi connectivity index (χ0) is 14.6. The van der Waals surface area contributed by atoms with Crippen LogP contribution in [0.15, 0.2) is 18.2 Å². The molecule has 1 aromatic carbocycles. The molecule has 0 aromatic heterocycles. The number of nitrogens with zero attached hydrogens (tertiary/aromatic N) is 1. The SMILES string of the molecule is CCC(C)(N)COc1cc(C(N)=O)ccc1[N+](=O)[O-]. The Bertz CT molecular complexity index is 500. The lowest BCUT2D eigenvalue weighted by atomic mass is 10.0. The third-order valence-electron chi connectivity index (χ3n) is 2.81. The van der Waals surface area contributed by atoms with Crippen molar-refractivity contribution in [2.24, 2.45) is 11.5 Å². The first-order valence-electron chi connectivity index (χ1n) is 5.77. The highest BCUT2D eigenvalue weighted by Gasteiger charge is 2.21. The fourth-order valence-electron chi connectivity index (χ4n) is 1.28. The van der Waals surface area contributed by atoms with Crippen molar-refractivity contribution in [3.63, 3.8) is 0 Å². The first-order valence-corrected chi connectivity index (χ1v) is 5.77. The predicted molar refractivity (Wildman–Crippen MR) is 70.0 cm³/mol. The Morgan fingerprint density at radius 3 is 2.63 bits per heavy atom. The summed E-state index contributed by atoms with van der Waals surface area (Å²) in [6.45, 7) is 3.76. The first-order chi connectivity index (χ1) is 8.76. The van der Waals surface area contributed by atoms with Gasteiger partial charge in [-0.25, -0.2) is 0 Å². The van der Waals surface area contributed by atoms with Gasteiger partial charge in [-0.05, 0) is 19.4 Å². The number of benzene rings is 1. The number of nitro groups is 1. The lowest BCUT2D eigenvalue weighted by Crippen LogP contribution is -2.41. The van der Waals surface area contributed by atoms with Gasteiger partial charge < -0.3 is 16.2 Å². The zero-order valence-electron chi connectivity index (χ0n) is 10.9. The van der Waals surface area contributed by atoms with Crippen molar-refractivity contribution in [3.05, 3.63) is 33.9 Å². The highest BCUT2D eigenvalue weighted by Crippen LogP contribution is 2.28. The van der Waals surface area contributed by atoms with Crippen molar-refractivity contribution >= 4 is 11.6 Å². The Morgan fingerprint density at radius 1 is 1.53 bits per heavy atom. The number of carbonyl (C=O) groups is 1. The number of carbonyl (C=O) groups excluding carboxylic acids is 1. The molecule has 0 saturated carbocycles. The minimum atomic E-state index is -0.675. The molecule has 0 aliphatic rings. The van der Waals surface area contributed by atoms with E-state index in [4.69, 9.17) is 16.2 Å². The maximum atomic E-state index is 11.1. The normalized spacial score (nSPS) is 13.6. The molecule has 0 spiro atoms. The molecule has 7 heteroatoms. The minimum absolute atomic E-state index is 0.00794. The summed E-state index contributed by atoms with van der Waals surface area (Å²) in [6.07, 6.45) is 0.649. The lowest BCUT2D eigenvalue weighted by molar-refractivity contribution is -0.385. The van der Waals surface area contributed by atoms with Crippen LogP contribution in [-0.2, 0) is 0 Å². The van der Waals surface area contributed by atoms with Crippen LogP contribution >= 0.6 is 0 Å². The van der Waals surface area contributed by atoms with Crippen LogP contribution in [0.3, 0.4) is 0 Å². The van der Waals surface area contributed by atoms with E-state index in [1.54, 1.807) is 6.92 Å². The third-order valence-corrected chi connectivity index (χ3v) is 2.81. The number of rotatable bonds is 6. The second kappa shape index (κ2) is 5.66. The van der Waals surface area contributed by atoms with Crippen molar-refractivity contribution < 1.29 is 14.5 Å². The van der Waals surface area contributed by atoms with Crippen LogP contribution in [0.25, 0.3) is 0 Å². The Kier molecular flexibility index (Phi) is 4.44. The largest absolute Gasteiger partial charge is 0.485 e. The average molecular weight is 267 g/mol. The summed E-state index contributed by atoms with van der Waals surface area (Å²) in [5, 5.41) is 10.9. The molecule has 0 bridgehead atoms. The molecule has 1 unspecified atom stereocenters. The van der Waals surface area contributed by atoms with E-state index in [0.29, 0.717) is 6.42 Å². The van der Waals surface area contributed by atoms with E-state index in [0.717, 1.165) is 0 Å². The van der Waals surface area contributed by atoms with E-state index >= 15 is 0 Å². The Hall–Kier alpha value is -2.15. The molecular formula is C12H17N3O4. The molecule has 1 rings (SSSR count). The number of primary amides is 1. The predicted octanol–water partition coefficient (Wildman–Crippen LogP) is 1.20. The zero-order valence-corrected chi connectivity index (χ0v) is 10.9. The summed E-state index contributed by atoms with van der Waals surface area (Å²) in [5.41, 5.74) is 10.4. The standard InChI is InChI=1S/C12H17N3O4/c1-3-12(2,14)7-19-10-6-8(11(13)16)4-5-9(10)15(17)18/h4-6H,3,7,14H2,1-2H3,(H2,13,16). The number of hydrogen-bond acceptors (Lipinski definition) is 5. The fourth-order valence-corrected chi connectivity index (χ4v) is 1.28. The molecule has 19 heavy (non-hydrogen) atoms. The first kappa shape index (κ1) is 14.9. The monoisotopic (exact) mass is 267 g/mol. The number of nitro benzene ring substituents is 1. The molecule has 0 fully saturated rings. The smallest absolute Gasteiger partial charge is 0.310 e. The second-order valence-electron chi connectivity index (χ2n) is 4.60. The van der Waals surface area contributed by atoms with E-state index in [2.05, 4.69) is 0 Å². The molecule has 1 atom stereocenters. The summed E-state index contributed by atoms with van der Waals surface area (Å²) >= 11 is 0. The van der Waals surface area contributed by atoms with Crippen LogP contribution in [0.5, 0.6) is 5.75 Å². The summed E-state index contributed by atoms with van der Waals surface area (Å²) in [6, 6.07) is 3.73. The highest BCUT2D eigenvalue weighted by molar-refractivity contribution is 5.93. The molecule has 0 radical (unpaired) electrons. The van der Waals surface area contributed by atoms with Crippen LogP contribution in [0, 0.1) is 10.1 Å². The lowest BCUT2D eigenvalue weighted by Gasteiger charge is -2.22. The maximum absolute atomic E-state index is 11.1. The Balaban J connectivity index is 3.04. The van der Waals surface area contributed by atoms with Crippen molar-refractivity contribution in [1.82, 2.24) is 0 Å². The molecule has 0 aliphatic heterocycles. The van der Waals surface area contributed by atoms with Gasteiger partial charge in [0.1, 0.15) is 6.61 Å². The maximum Gasteiger partial charge on any atom is 0.310 e. The van der Waals surface area contributed by atoms with E-state index in [-0.39, 0.29) is 23.6 Å². The van der Waals surface area contributed by atoms with Crippen LogP contribution in [-0.4, -0.2) is 23.0 Å². The number of ether oxygens (including phenoxy) is 1. The number of nitrogens with two attached hydrogens (primary N) is 2. The molecule has 0 saturated heterocycles. The molecule has 0 aliphatic carbocycles. The summed E-state index contributed by atoms with van der Waals surface area (Å²) in [7, 11) is 0. The van der Waals surface area contributed by atoms with E-state index in [1.165, 1.54) is 18.2 Å². The van der Waals surface area contributed by atoms with Gasteiger partial charge in [0.05, 0.1) is 4.92 Å². The van der Waals surface area contributed by atoms with Crippen molar-refractivity contribution in [2.45, 2.75) is 25.8 Å². The van der Waals surface area contributed by atoms with Gasteiger partial charge in [0.25, 0.3) is 0 Å². The topological polar surface area (TPSA) is 121 Å². The van der Waals surface area contributed by atoms with Gasteiger partial charge in [-0.3, -0.25) is 14.9 Å². The third kappa shape index (κ3) is 3.92. The average Bonchev–Trinajstić information content (AvgIpc) is 2.35. The van der Waals surface area contributed by atoms with E-state index in [1.807, 2.05) is 6.92 Å². The van der Waals surface area contributed by atoms with Crippen LogP contribution in [0.1, 0.15) is 30.6 Å².